The van der Waals surface area contributed by atoms with Crippen molar-refractivity contribution in [2.45, 2.75) is 26.4 Å². The molecular weight excluding hydrogens is 418 g/mol. The van der Waals surface area contributed by atoms with E-state index in [2.05, 4.69) is 30.8 Å². The summed E-state index contributed by atoms with van der Waals surface area (Å²) in [4.78, 5) is 32.0. The van der Waals surface area contributed by atoms with Crippen LogP contribution in [0.2, 0.25) is 0 Å². The topological polar surface area (TPSA) is 73.6 Å². The molecule has 0 radical (unpaired) electrons. The Balaban J connectivity index is 1.43. The molecule has 10 heteroatoms. The van der Waals surface area contributed by atoms with E-state index in [9.17, 15) is 13.6 Å². The van der Waals surface area contributed by atoms with Crippen LogP contribution in [-0.4, -0.2) is 85.2 Å². The van der Waals surface area contributed by atoms with Gasteiger partial charge in [0.25, 0.3) is 0 Å². The van der Waals surface area contributed by atoms with Crippen LogP contribution in [0, 0.1) is 5.92 Å². The highest BCUT2D eigenvalue weighted by atomic mass is 19.3. The van der Waals surface area contributed by atoms with Gasteiger partial charge < -0.3 is 19.4 Å². The molecule has 0 N–H and O–H groups in total. The maximum Gasteiger partial charge on any atom is 0.388 e. The Morgan fingerprint density at radius 1 is 1.31 bits per heavy atom. The molecule has 0 aliphatic carbocycles. The molecule has 4 heterocycles. The van der Waals surface area contributed by atoms with Gasteiger partial charge in [0.05, 0.1) is 18.2 Å². The van der Waals surface area contributed by atoms with Crippen LogP contribution in [0.25, 0.3) is 0 Å². The lowest BCUT2D eigenvalue weighted by Crippen LogP contribution is -2.36. The summed E-state index contributed by atoms with van der Waals surface area (Å²) >= 11 is 0. The molecule has 1 atom stereocenters. The molecule has 4 rings (SSSR count). The zero-order chi connectivity index (χ0) is 22.7. The predicted octanol–water partition coefficient (Wildman–Crippen LogP) is 2.43. The molecule has 1 aromatic rings. The van der Waals surface area contributed by atoms with E-state index in [1.165, 1.54) is 18.7 Å². The second kappa shape index (κ2) is 9.62. The van der Waals surface area contributed by atoms with Gasteiger partial charge in [-0.15, -0.1) is 0 Å². The summed E-state index contributed by atoms with van der Waals surface area (Å²) in [7, 11) is 1.71. The Labute approximate surface area is 186 Å². The Hall–Kier alpha value is -3.04. The number of ether oxygens (including phenoxy) is 1. The summed E-state index contributed by atoms with van der Waals surface area (Å²) in [5, 5.41) is 0. The third-order valence-electron chi connectivity index (χ3n) is 6.06. The van der Waals surface area contributed by atoms with Crippen LogP contribution in [0.15, 0.2) is 40.1 Å². The van der Waals surface area contributed by atoms with E-state index in [1.807, 2.05) is 16.7 Å². The number of hydrogen-bond donors (Lipinski definition) is 0. The van der Waals surface area contributed by atoms with Crippen LogP contribution in [-0.2, 0) is 4.79 Å². The Morgan fingerprint density at radius 2 is 2.12 bits per heavy atom. The summed E-state index contributed by atoms with van der Waals surface area (Å²) in [5.74, 6) is 0.501. The van der Waals surface area contributed by atoms with Crippen LogP contribution in [0.1, 0.15) is 19.8 Å². The second-order valence-electron chi connectivity index (χ2n) is 8.23. The number of hydrogen-bond acceptors (Lipinski definition) is 6. The molecule has 0 bridgehead atoms. The molecule has 1 aromatic heterocycles. The number of carbonyl (C=O) groups excluding carboxylic acids is 1. The Bertz CT molecular complexity index is 944. The predicted molar refractivity (Wildman–Crippen MR) is 119 cm³/mol. The third kappa shape index (κ3) is 5.05. The van der Waals surface area contributed by atoms with Crippen LogP contribution in [0.4, 0.5) is 14.5 Å². The lowest BCUT2D eigenvalue weighted by molar-refractivity contribution is -0.133. The lowest BCUT2D eigenvalue weighted by atomic mass is 10.1. The van der Waals surface area contributed by atoms with E-state index >= 15 is 0 Å². The number of halogens is 2. The molecule has 32 heavy (non-hydrogen) atoms. The Kier molecular flexibility index (Phi) is 6.66. The first kappa shape index (κ1) is 22.2. The van der Waals surface area contributed by atoms with Crippen molar-refractivity contribution >= 4 is 23.1 Å². The molecule has 172 valence electrons. The fourth-order valence-electron chi connectivity index (χ4n) is 4.15. The van der Waals surface area contributed by atoms with Crippen LogP contribution in [0.3, 0.4) is 0 Å². The molecular formula is C22H28F2N6O2. The van der Waals surface area contributed by atoms with Gasteiger partial charge in [0.15, 0.2) is 0 Å². The summed E-state index contributed by atoms with van der Waals surface area (Å²) in [6, 6.07) is 3.23. The van der Waals surface area contributed by atoms with Gasteiger partial charge >= 0.3 is 6.61 Å². The number of rotatable bonds is 5. The number of pyridine rings is 1. The van der Waals surface area contributed by atoms with Crippen molar-refractivity contribution in [3.8, 4) is 5.88 Å². The molecule has 1 amide bonds. The smallest absolute Gasteiger partial charge is 0.388 e. The summed E-state index contributed by atoms with van der Waals surface area (Å²) in [6.07, 6.45) is 5.46. The zero-order valence-corrected chi connectivity index (χ0v) is 18.4. The summed E-state index contributed by atoms with van der Waals surface area (Å²) in [6.45, 7) is 3.22. The van der Waals surface area contributed by atoms with Crippen molar-refractivity contribution in [1.82, 2.24) is 14.8 Å². The van der Waals surface area contributed by atoms with Gasteiger partial charge in [-0.2, -0.15) is 8.78 Å². The maximum absolute atomic E-state index is 13.3. The average molecular weight is 447 g/mol. The van der Waals surface area contributed by atoms with Crippen molar-refractivity contribution in [1.29, 1.82) is 0 Å². The highest BCUT2D eigenvalue weighted by Gasteiger charge is 2.36. The molecule has 8 nitrogen and oxygen atoms in total. The highest BCUT2D eigenvalue weighted by molar-refractivity contribution is 6.11. The minimum atomic E-state index is -2.92. The fourth-order valence-corrected chi connectivity index (χ4v) is 4.15. The van der Waals surface area contributed by atoms with Gasteiger partial charge in [-0.1, -0.05) is 0 Å². The molecule has 1 unspecified atom stereocenters. The zero-order valence-electron chi connectivity index (χ0n) is 18.4. The normalized spacial score (nSPS) is 24.1. The maximum atomic E-state index is 13.3. The number of aliphatic imine (C=N–C) groups is 2. The van der Waals surface area contributed by atoms with E-state index < -0.39 is 6.61 Å². The van der Waals surface area contributed by atoms with Crippen molar-refractivity contribution < 1.29 is 18.3 Å². The van der Waals surface area contributed by atoms with Crippen LogP contribution in [0.5, 0.6) is 5.88 Å². The largest absolute Gasteiger partial charge is 0.417 e. The number of likely N-dealkylation sites (tertiary alicyclic amines) is 2. The first-order valence-corrected chi connectivity index (χ1v) is 10.8. The van der Waals surface area contributed by atoms with Crippen LogP contribution >= 0.6 is 0 Å². The first-order chi connectivity index (χ1) is 15.4. The number of alkyl halides is 2. The van der Waals surface area contributed by atoms with E-state index in [-0.39, 0.29) is 17.7 Å². The molecule has 0 spiro atoms. The number of carbonyl (C=O) groups is 1. The summed E-state index contributed by atoms with van der Waals surface area (Å²) in [5.41, 5.74) is 2.69. The van der Waals surface area contributed by atoms with E-state index in [0.29, 0.717) is 38.4 Å². The van der Waals surface area contributed by atoms with Gasteiger partial charge in [-0.3, -0.25) is 9.79 Å². The average Bonchev–Trinajstić information content (AvgIpc) is 3.37. The Morgan fingerprint density at radius 3 is 2.81 bits per heavy atom. The molecule has 0 aromatic carbocycles. The second-order valence-corrected chi connectivity index (χ2v) is 8.23. The van der Waals surface area contributed by atoms with Gasteiger partial charge in [-0.05, 0) is 25.8 Å². The highest BCUT2D eigenvalue weighted by Crippen LogP contribution is 2.29. The van der Waals surface area contributed by atoms with Gasteiger partial charge in [0.2, 0.25) is 11.8 Å². The van der Waals surface area contributed by atoms with E-state index in [0.717, 1.165) is 30.1 Å². The van der Waals surface area contributed by atoms with Crippen molar-refractivity contribution in [3.05, 3.63) is 30.1 Å². The number of amides is 1. The molecule has 0 saturated carbocycles. The van der Waals surface area contributed by atoms with Gasteiger partial charge in [-0.25, -0.2) is 9.98 Å². The lowest BCUT2D eigenvalue weighted by Gasteiger charge is -2.30. The van der Waals surface area contributed by atoms with E-state index in [4.69, 9.17) is 0 Å². The molecule has 3 aliphatic heterocycles. The van der Waals surface area contributed by atoms with Crippen molar-refractivity contribution in [3.63, 3.8) is 0 Å². The summed E-state index contributed by atoms with van der Waals surface area (Å²) < 4.78 is 29.4. The number of nitrogens with zero attached hydrogens (tertiary/aromatic N) is 6. The molecule has 3 saturated heterocycles. The van der Waals surface area contributed by atoms with Crippen LogP contribution < -0.4 is 9.64 Å². The number of anilines is 1. The molecule has 3 fully saturated rings. The van der Waals surface area contributed by atoms with Gasteiger partial charge in [0, 0.05) is 69.5 Å². The SMILES string of the molecule is CN=C(C)N=C1CN(C(=O)C2CCN(c3ccnc(OC(F)F)c3)C2)C/C1=C\N1CCC1. The minimum Gasteiger partial charge on any atom is -0.417 e. The van der Waals surface area contributed by atoms with Crippen molar-refractivity contribution in [2.75, 3.05) is 51.2 Å². The quantitative estimate of drug-likeness (QED) is 0.513. The standard InChI is InChI=1S/C22H28F2N6O2/c1-15(25-2)27-19-14-30(13-17(19)11-28-7-3-8-28)21(31)16-5-9-29(12-16)18-4-6-26-20(10-18)32-22(23)24/h4,6,10-11,16,22H,3,5,7-9,12-14H2,1-2H3/b17-11+,25-15?,27-19?. The van der Waals surface area contributed by atoms with E-state index in [1.54, 1.807) is 13.1 Å². The first-order valence-electron chi connectivity index (χ1n) is 10.8. The van der Waals surface area contributed by atoms with Gasteiger partial charge in [0.1, 0.15) is 5.84 Å². The van der Waals surface area contributed by atoms with Crippen molar-refractivity contribution in [2.24, 2.45) is 15.9 Å². The fraction of sp³-hybridized carbons (Fsp3) is 0.545. The number of aromatic nitrogens is 1. The third-order valence-corrected chi connectivity index (χ3v) is 6.06. The minimum absolute atomic E-state index is 0.0939. The monoisotopic (exact) mass is 446 g/mol. The molecule has 3 aliphatic rings. The number of amidine groups is 1.